The Morgan fingerprint density at radius 1 is 0.970 bits per heavy atom. The van der Waals surface area contributed by atoms with Crippen molar-refractivity contribution in [1.29, 1.82) is 0 Å². The van der Waals surface area contributed by atoms with Gasteiger partial charge in [0, 0.05) is 19.0 Å². The molecule has 5 heteroatoms. The summed E-state index contributed by atoms with van der Waals surface area (Å²) in [6.45, 7) is 12.7. The van der Waals surface area contributed by atoms with E-state index in [1.165, 1.54) is 5.56 Å². The highest BCUT2D eigenvalue weighted by Crippen LogP contribution is 2.23. The summed E-state index contributed by atoms with van der Waals surface area (Å²) >= 11 is 0. The van der Waals surface area contributed by atoms with Crippen molar-refractivity contribution in [2.24, 2.45) is 0 Å². The Kier molecular flexibility index (Phi) is 9.51. The van der Waals surface area contributed by atoms with Gasteiger partial charge in [0.2, 0.25) is 11.8 Å². The van der Waals surface area contributed by atoms with Crippen LogP contribution in [0, 0.1) is 0 Å². The molecule has 0 aliphatic carbocycles. The molecular formula is C28H40N2O3. The molecule has 33 heavy (non-hydrogen) atoms. The number of aryl methyl sites for hydroxylation is 1. The molecule has 1 N–H and O–H groups in total. The van der Waals surface area contributed by atoms with Crippen molar-refractivity contribution in [3.63, 3.8) is 0 Å². The van der Waals surface area contributed by atoms with Crippen LogP contribution in [0.1, 0.15) is 71.1 Å². The molecule has 0 heterocycles. The van der Waals surface area contributed by atoms with Crippen molar-refractivity contribution in [3.05, 3.63) is 65.2 Å². The third-order valence-electron chi connectivity index (χ3n) is 6.13. The first-order valence-corrected chi connectivity index (χ1v) is 11.9. The fourth-order valence-electron chi connectivity index (χ4n) is 3.54. The second kappa shape index (κ2) is 11.9. The number of carbonyl (C=O) groups excluding carboxylic acids is 2. The minimum Gasteiger partial charge on any atom is -0.497 e. The maximum Gasteiger partial charge on any atom is 0.242 e. The molecule has 2 rings (SSSR count). The average molecular weight is 453 g/mol. The molecule has 2 aromatic rings. The molecule has 0 aromatic heterocycles. The van der Waals surface area contributed by atoms with E-state index in [2.05, 4.69) is 50.4 Å². The fraction of sp³-hybridized carbons (Fsp3) is 0.500. The van der Waals surface area contributed by atoms with Crippen molar-refractivity contribution in [2.75, 3.05) is 7.11 Å². The second-order valence-electron chi connectivity index (χ2n) is 9.81. The highest BCUT2D eigenvalue weighted by Gasteiger charge is 2.26. The lowest BCUT2D eigenvalue weighted by Gasteiger charge is -2.30. The van der Waals surface area contributed by atoms with Gasteiger partial charge in [0.1, 0.15) is 11.8 Å². The van der Waals surface area contributed by atoms with E-state index in [9.17, 15) is 9.59 Å². The number of amides is 2. The summed E-state index contributed by atoms with van der Waals surface area (Å²) in [5.74, 6) is 0.608. The molecule has 0 radical (unpaired) electrons. The monoisotopic (exact) mass is 452 g/mol. The van der Waals surface area contributed by atoms with E-state index in [4.69, 9.17) is 4.74 Å². The summed E-state index contributed by atoms with van der Waals surface area (Å²) in [6.07, 6.45) is 1.84. The van der Waals surface area contributed by atoms with E-state index in [1.54, 1.807) is 18.9 Å². The summed E-state index contributed by atoms with van der Waals surface area (Å²) in [7, 11) is 1.63. The van der Waals surface area contributed by atoms with Crippen molar-refractivity contribution in [3.8, 4) is 5.75 Å². The van der Waals surface area contributed by atoms with Crippen LogP contribution in [0.15, 0.2) is 48.5 Å². The van der Waals surface area contributed by atoms with Crippen LogP contribution in [0.3, 0.4) is 0 Å². The Labute approximate surface area is 199 Å². The average Bonchev–Trinajstić information content (AvgIpc) is 2.80. The highest BCUT2D eigenvalue weighted by molar-refractivity contribution is 5.87. The standard InChI is InChI=1S/C28H40N2O3/c1-8-20(2)29-27(32)21(3)30(19-23-11-16-25(33-7)17-12-23)26(31)18-13-22-9-14-24(15-10-22)28(4,5)6/h9-12,14-17,20-21H,8,13,18-19H2,1-7H3,(H,29,32)/t20-,21-/m0/s1. The van der Waals surface area contributed by atoms with Gasteiger partial charge in [0.25, 0.3) is 0 Å². The predicted octanol–water partition coefficient (Wildman–Crippen LogP) is 5.26. The van der Waals surface area contributed by atoms with Gasteiger partial charge >= 0.3 is 0 Å². The summed E-state index contributed by atoms with van der Waals surface area (Å²) in [5.41, 5.74) is 3.45. The van der Waals surface area contributed by atoms with E-state index in [1.807, 2.05) is 38.1 Å². The minimum atomic E-state index is -0.558. The zero-order valence-electron chi connectivity index (χ0n) is 21.3. The topological polar surface area (TPSA) is 58.6 Å². The lowest BCUT2D eigenvalue weighted by Crippen LogP contribution is -2.49. The van der Waals surface area contributed by atoms with E-state index in [-0.39, 0.29) is 23.3 Å². The third-order valence-corrected chi connectivity index (χ3v) is 6.13. The van der Waals surface area contributed by atoms with Crippen LogP contribution in [0.25, 0.3) is 0 Å². The Balaban J connectivity index is 2.14. The second-order valence-corrected chi connectivity index (χ2v) is 9.81. The maximum atomic E-state index is 13.3. The van der Waals surface area contributed by atoms with Gasteiger partial charge in [-0.1, -0.05) is 64.1 Å². The Hall–Kier alpha value is -2.82. The zero-order valence-corrected chi connectivity index (χ0v) is 21.3. The molecule has 0 saturated heterocycles. The maximum absolute atomic E-state index is 13.3. The van der Waals surface area contributed by atoms with E-state index in [0.29, 0.717) is 19.4 Å². The Morgan fingerprint density at radius 2 is 1.55 bits per heavy atom. The summed E-state index contributed by atoms with van der Waals surface area (Å²) in [6, 6.07) is 15.6. The third kappa shape index (κ3) is 7.92. The van der Waals surface area contributed by atoms with Crippen LogP contribution in [0.5, 0.6) is 5.75 Å². The molecule has 0 fully saturated rings. The first kappa shape index (κ1) is 26.4. The lowest BCUT2D eigenvalue weighted by molar-refractivity contribution is -0.140. The zero-order chi connectivity index (χ0) is 24.6. The van der Waals surface area contributed by atoms with Crippen molar-refractivity contribution in [1.82, 2.24) is 10.2 Å². The largest absolute Gasteiger partial charge is 0.497 e. The number of rotatable bonds is 10. The SMILES string of the molecule is CC[C@H](C)NC(=O)[C@H](C)N(Cc1ccc(OC)cc1)C(=O)CCc1ccc(C(C)(C)C)cc1. The normalized spacial score (nSPS) is 13.2. The van der Waals surface area contributed by atoms with Gasteiger partial charge < -0.3 is 15.0 Å². The quantitative estimate of drug-likeness (QED) is 0.535. The first-order valence-electron chi connectivity index (χ1n) is 11.9. The number of methoxy groups -OCH3 is 1. The molecule has 0 aliphatic heterocycles. The van der Waals surface area contributed by atoms with Crippen LogP contribution >= 0.6 is 0 Å². The number of hydrogen-bond donors (Lipinski definition) is 1. The van der Waals surface area contributed by atoms with Crippen LogP contribution in [0.2, 0.25) is 0 Å². The molecular weight excluding hydrogens is 412 g/mol. The van der Waals surface area contributed by atoms with Crippen molar-refractivity contribution in [2.45, 2.75) is 84.8 Å². The molecule has 0 unspecified atom stereocenters. The number of benzene rings is 2. The van der Waals surface area contributed by atoms with E-state index < -0.39 is 6.04 Å². The summed E-state index contributed by atoms with van der Waals surface area (Å²) in [5, 5.41) is 3.01. The number of nitrogens with zero attached hydrogens (tertiary/aromatic N) is 1. The molecule has 2 aromatic carbocycles. The lowest BCUT2D eigenvalue weighted by atomic mass is 9.86. The van der Waals surface area contributed by atoms with Crippen LogP contribution < -0.4 is 10.1 Å². The molecule has 0 saturated carbocycles. The summed E-state index contributed by atoms with van der Waals surface area (Å²) in [4.78, 5) is 27.8. The fourth-order valence-corrected chi connectivity index (χ4v) is 3.54. The molecule has 0 aliphatic rings. The van der Waals surface area contributed by atoms with Crippen LogP contribution in [0.4, 0.5) is 0 Å². The highest BCUT2D eigenvalue weighted by atomic mass is 16.5. The molecule has 0 spiro atoms. The van der Waals surface area contributed by atoms with Crippen molar-refractivity contribution < 1.29 is 14.3 Å². The number of carbonyl (C=O) groups is 2. The molecule has 2 atom stereocenters. The van der Waals surface area contributed by atoms with E-state index in [0.717, 1.165) is 23.3 Å². The smallest absolute Gasteiger partial charge is 0.242 e. The Bertz CT molecular complexity index is 898. The molecule has 180 valence electrons. The van der Waals surface area contributed by atoms with Gasteiger partial charge in [-0.3, -0.25) is 9.59 Å². The Morgan fingerprint density at radius 3 is 2.06 bits per heavy atom. The molecule has 2 amide bonds. The van der Waals surface area contributed by atoms with Crippen molar-refractivity contribution >= 4 is 11.8 Å². The predicted molar refractivity (Wildman–Crippen MR) is 134 cm³/mol. The number of hydrogen-bond acceptors (Lipinski definition) is 3. The number of nitrogens with one attached hydrogen (secondary N) is 1. The minimum absolute atomic E-state index is 0.0301. The van der Waals surface area contributed by atoms with E-state index >= 15 is 0 Å². The molecule has 0 bridgehead atoms. The van der Waals surface area contributed by atoms with Gasteiger partial charge in [-0.2, -0.15) is 0 Å². The molecule has 5 nitrogen and oxygen atoms in total. The van der Waals surface area contributed by atoms with Crippen LogP contribution in [-0.2, 0) is 28.0 Å². The van der Waals surface area contributed by atoms with Gasteiger partial charge in [-0.15, -0.1) is 0 Å². The van der Waals surface area contributed by atoms with Gasteiger partial charge in [0.15, 0.2) is 0 Å². The van der Waals surface area contributed by atoms with Crippen LogP contribution in [-0.4, -0.2) is 35.9 Å². The number of ether oxygens (including phenoxy) is 1. The van der Waals surface area contributed by atoms with Gasteiger partial charge in [-0.25, -0.2) is 0 Å². The van der Waals surface area contributed by atoms with Gasteiger partial charge in [-0.05, 0) is 60.9 Å². The summed E-state index contributed by atoms with van der Waals surface area (Å²) < 4.78 is 5.24. The van der Waals surface area contributed by atoms with Gasteiger partial charge in [0.05, 0.1) is 7.11 Å². The first-order chi connectivity index (χ1) is 15.5.